The first-order valence-electron chi connectivity index (χ1n) is 6.60. The lowest BCUT2D eigenvalue weighted by Gasteiger charge is -2.14. The molecule has 1 aromatic carbocycles. The average Bonchev–Trinajstić information content (AvgIpc) is 2.40. The standard InChI is InChI=1S/C16H22O4/c1-10(6-8-15(18)19)5-7-13-9-14(17)11(2)12(3)16(13)20-4/h5,9,17H,6-8H2,1-4H3,(H,18,19)/b10-5+. The smallest absolute Gasteiger partial charge is 0.303 e. The average molecular weight is 278 g/mol. The second-order valence-corrected chi connectivity index (χ2v) is 4.99. The van der Waals surface area contributed by atoms with Crippen LogP contribution in [0.5, 0.6) is 11.5 Å². The van der Waals surface area contributed by atoms with Crippen molar-refractivity contribution in [1.29, 1.82) is 0 Å². The number of phenolic OH excluding ortho intramolecular Hbond substituents is 1. The third-order valence-corrected chi connectivity index (χ3v) is 3.50. The van der Waals surface area contributed by atoms with E-state index in [2.05, 4.69) is 0 Å². The van der Waals surface area contributed by atoms with E-state index in [1.165, 1.54) is 0 Å². The van der Waals surface area contributed by atoms with Gasteiger partial charge in [0.25, 0.3) is 0 Å². The van der Waals surface area contributed by atoms with Crippen LogP contribution in [0.15, 0.2) is 17.7 Å². The number of hydrogen-bond acceptors (Lipinski definition) is 3. The maximum absolute atomic E-state index is 10.5. The number of methoxy groups -OCH3 is 1. The lowest BCUT2D eigenvalue weighted by atomic mass is 9.99. The Morgan fingerprint density at radius 2 is 1.95 bits per heavy atom. The number of hydrogen-bond donors (Lipinski definition) is 2. The molecule has 0 bridgehead atoms. The van der Waals surface area contributed by atoms with Crippen molar-refractivity contribution in [3.63, 3.8) is 0 Å². The normalized spacial score (nSPS) is 11.5. The largest absolute Gasteiger partial charge is 0.508 e. The van der Waals surface area contributed by atoms with Crippen molar-refractivity contribution in [1.82, 2.24) is 0 Å². The minimum Gasteiger partial charge on any atom is -0.508 e. The van der Waals surface area contributed by atoms with Crippen molar-refractivity contribution in [3.05, 3.63) is 34.4 Å². The van der Waals surface area contributed by atoms with Gasteiger partial charge in [0.05, 0.1) is 7.11 Å². The molecule has 110 valence electrons. The van der Waals surface area contributed by atoms with Crippen molar-refractivity contribution in [2.24, 2.45) is 0 Å². The number of allylic oxidation sites excluding steroid dienone is 2. The molecular weight excluding hydrogens is 256 g/mol. The fraction of sp³-hybridized carbons (Fsp3) is 0.438. The van der Waals surface area contributed by atoms with E-state index in [-0.39, 0.29) is 12.2 Å². The molecule has 4 heteroatoms. The first-order chi connectivity index (χ1) is 9.36. The summed E-state index contributed by atoms with van der Waals surface area (Å²) in [6.45, 7) is 5.68. The molecule has 20 heavy (non-hydrogen) atoms. The van der Waals surface area contributed by atoms with Gasteiger partial charge < -0.3 is 14.9 Å². The van der Waals surface area contributed by atoms with E-state index in [4.69, 9.17) is 9.84 Å². The Labute approximate surface area is 119 Å². The molecule has 0 spiro atoms. The van der Waals surface area contributed by atoms with Gasteiger partial charge in [0.15, 0.2) is 0 Å². The van der Waals surface area contributed by atoms with Crippen molar-refractivity contribution in [3.8, 4) is 11.5 Å². The SMILES string of the molecule is COc1c(C/C=C(\C)CCC(=O)O)cc(O)c(C)c1C. The molecule has 0 saturated carbocycles. The van der Waals surface area contributed by atoms with Crippen molar-refractivity contribution in [2.75, 3.05) is 7.11 Å². The summed E-state index contributed by atoms with van der Waals surface area (Å²) in [5.41, 5.74) is 3.67. The second kappa shape index (κ2) is 6.98. The number of aromatic hydroxyl groups is 1. The van der Waals surface area contributed by atoms with Crippen LogP contribution in [-0.2, 0) is 11.2 Å². The summed E-state index contributed by atoms with van der Waals surface area (Å²) in [5, 5.41) is 18.5. The third kappa shape index (κ3) is 4.02. The fourth-order valence-electron chi connectivity index (χ4n) is 2.07. The Bertz CT molecular complexity index is 530. The van der Waals surface area contributed by atoms with Crippen LogP contribution >= 0.6 is 0 Å². The predicted molar refractivity (Wildman–Crippen MR) is 78.5 cm³/mol. The Kier molecular flexibility index (Phi) is 5.62. The predicted octanol–water partition coefficient (Wildman–Crippen LogP) is 3.37. The van der Waals surface area contributed by atoms with Crippen LogP contribution < -0.4 is 4.74 Å². The highest BCUT2D eigenvalue weighted by molar-refractivity contribution is 5.67. The number of carboxylic acids is 1. The first-order valence-corrected chi connectivity index (χ1v) is 6.60. The van der Waals surface area contributed by atoms with E-state index in [1.54, 1.807) is 13.2 Å². The molecule has 4 nitrogen and oxygen atoms in total. The molecule has 0 aliphatic rings. The van der Waals surface area contributed by atoms with Gasteiger partial charge in [-0.3, -0.25) is 4.79 Å². The van der Waals surface area contributed by atoms with Gasteiger partial charge in [0, 0.05) is 12.0 Å². The lowest BCUT2D eigenvalue weighted by Crippen LogP contribution is -1.98. The Morgan fingerprint density at radius 1 is 1.30 bits per heavy atom. The summed E-state index contributed by atoms with van der Waals surface area (Å²) in [6, 6.07) is 1.71. The highest BCUT2D eigenvalue weighted by Crippen LogP contribution is 2.33. The number of carboxylic acid groups (broad SMARTS) is 1. The molecule has 0 atom stereocenters. The molecule has 2 N–H and O–H groups in total. The molecule has 0 unspecified atom stereocenters. The maximum Gasteiger partial charge on any atom is 0.303 e. The summed E-state index contributed by atoms with van der Waals surface area (Å²) in [4.78, 5) is 10.5. The number of carbonyl (C=O) groups is 1. The van der Waals surface area contributed by atoms with Gasteiger partial charge in [-0.25, -0.2) is 0 Å². The van der Waals surface area contributed by atoms with Gasteiger partial charge in [-0.05, 0) is 50.8 Å². The first kappa shape index (κ1) is 16.1. The highest BCUT2D eigenvalue weighted by Gasteiger charge is 2.12. The molecule has 0 radical (unpaired) electrons. The number of rotatable bonds is 6. The molecule has 0 saturated heterocycles. The van der Waals surface area contributed by atoms with E-state index in [0.29, 0.717) is 12.8 Å². The summed E-state index contributed by atoms with van der Waals surface area (Å²) < 4.78 is 5.41. The Balaban J connectivity index is 2.92. The quantitative estimate of drug-likeness (QED) is 0.783. The minimum atomic E-state index is -0.792. The van der Waals surface area contributed by atoms with E-state index < -0.39 is 5.97 Å². The summed E-state index contributed by atoms with van der Waals surface area (Å²) in [7, 11) is 1.61. The molecule has 0 aromatic heterocycles. The van der Waals surface area contributed by atoms with Gasteiger partial charge in [0.1, 0.15) is 11.5 Å². The molecular formula is C16H22O4. The van der Waals surface area contributed by atoms with Gasteiger partial charge >= 0.3 is 5.97 Å². The molecule has 0 amide bonds. The van der Waals surface area contributed by atoms with Crippen molar-refractivity contribution >= 4 is 5.97 Å². The Morgan fingerprint density at radius 3 is 2.50 bits per heavy atom. The van der Waals surface area contributed by atoms with Crippen LogP contribution in [0.2, 0.25) is 0 Å². The topological polar surface area (TPSA) is 66.8 Å². The van der Waals surface area contributed by atoms with Crippen LogP contribution in [0.25, 0.3) is 0 Å². The molecule has 0 aliphatic carbocycles. The zero-order valence-corrected chi connectivity index (χ0v) is 12.5. The lowest BCUT2D eigenvalue weighted by molar-refractivity contribution is -0.136. The summed E-state index contributed by atoms with van der Waals surface area (Å²) in [6.07, 6.45) is 3.27. The van der Waals surface area contributed by atoms with Gasteiger partial charge in [0.2, 0.25) is 0 Å². The third-order valence-electron chi connectivity index (χ3n) is 3.50. The summed E-state index contributed by atoms with van der Waals surface area (Å²) >= 11 is 0. The zero-order valence-electron chi connectivity index (χ0n) is 12.5. The zero-order chi connectivity index (χ0) is 15.3. The van der Waals surface area contributed by atoms with Crippen LogP contribution in [0.1, 0.15) is 36.5 Å². The highest BCUT2D eigenvalue weighted by atomic mass is 16.5. The molecule has 0 aliphatic heterocycles. The van der Waals surface area contributed by atoms with Crippen LogP contribution in [0.3, 0.4) is 0 Å². The maximum atomic E-state index is 10.5. The minimum absolute atomic E-state index is 0.137. The second-order valence-electron chi connectivity index (χ2n) is 4.99. The number of phenols is 1. The van der Waals surface area contributed by atoms with Crippen LogP contribution in [0.4, 0.5) is 0 Å². The summed E-state index contributed by atoms with van der Waals surface area (Å²) in [5.74, 6) is 0.247. The van der Waals surface area contributed by atoms with Crippen LogP contribution in [0, 0.1) is 13.8 Å². The monoisotopic (exact) mass is 278 g/mol. The van der Waals surface area contributed by atoms with Crippen LogP contribution in [-0.4, -0.2) is 23.3 Å². The number of ether oxygens (including phenoxy) is 1. The Hall–Kier alpha value is -1.97. The van der Waals surface area contributed by atoms with Gasteiger partial charge in [-0.15, -0.1) is 0 Å². The van der Waals surface area contributed by atoms with E-state index in [9.17, 15) is 9.90 Å². The van der Waals surface area contributed by atoms with Crippen molar-refractivity contribution < 1.29 is 19.7 Å². The fourth-order valence-corrected chi connectivity index (χ4v) is 2.07. The molecule has 1 rings (SSSR count). The molecule has 0 heterocycles. The number of benzene rings is 1. The van der Waals surface area contributed by atoms with Gasteiger partial charge in [-0.2, -0.15) is 0 Å². The van der Waals surface area contributed by atoms with E-state index >= 15 is 0 Å². The van der Waals surface area contributed by atoms with E-state index in [0.717, 1.165) is 28.0 Å². The molecule has 1 aromatic rings. The van der Waals surface area contributed by atoms with Crippen molar-refractivity contribution in [2.45, 2.75) is 40.0 Å². The molecule has 0 fully saturated rings. The van der Waals surface area contributed by atoms with E-state index in [1.807, 2.05) is 26.8 Å². The van der Waals surface area contributed by atoms with Gasteiger partial charge in [-0.1, -0.05) is 11.6 Å². The number of aliphatic carboxylic acids is 1.